The summed E-state index contributed by atoms with van der Waals surface area (Å²) in [7, 11) is 3.40. The molecule has 6 aromatic rings. The second kappa shape index (κ2) is 26.3. The van der Waals surface area contributed by atoms with Gasteiger partial charge in [0.15, 0.2) is 0 Å². The molecule has 0 saturated carbocycles. The zero-order chi connectivity index (χ0) is 56.4. The SMILES string of the molecule is COCCCN(c1ccccc1-c1cc(C)cc(C(C)(C)C)c1[O-])c1cc(C)cc(C(C)(C)C)c1O.COCCCN(c1ccccc1-c1cc(C)cc(C(C)(C)C)c1[O-])c1cc(C)cc(C(C)(C)C)c1O.[CH3][Hf+2][CH3]. The first-order valence-corrected chi connectivity index (χ1v) is 33.7. The van der Waals surface area contributed by atoms with Crippen molar-refractivity contribution in [1.82, 2.24) is 0 Å². The van der Waals surface area contributed by atoms with Crippen molar-refractivity contribution in [2.45, 2.75) is 155 Å². The molecular weight excluding hydrogens is 1100 g/mol. The van der Waals surface area contributed by atoms with E-state index in [1.165, 1.54) is 0 Å². The van der Waals surface area contributed by atoms with E-state index in [0.717, 1.165) is 91.2 Å². The molecule has 0 atom stereocenters. The Hall–Kier alpha value is -5.09. The number of nitrogens with zero attached hydrogens (tertiary/aromatic N) is 2. The summed E-state index contributed by atoms with van der Waals surface area (Å²) in [6, 6.07) is 32.2. The van der Waals surface area contributed by atoms with E-state index in [-0.39, 0.29) is 67.6 Å². The fraction of sp³-hybridized carbons (Fsp3) is 0.455. The molecule has 75 heavy (non-hydrogen) atoms. The normalized spacial score (nSPS) is 11.8. The van der Waals surface area contributed by atoms with Crippen molar-refractivity contribution >= 4 is 22.7 Å². The van der Waals surface area contributed by atoms with Gasteiger partial charge >= 0.3 is 32.3 Å². The summed E-state index contributed by atoms with van der Waals surface area (Å²) in [4.78, 5) is 4.29. The van der Waals surface area contributed by atoms with Crippen LogP contribution in [-0.4, -0.2) is 50.7 Å². The molecule has 0 bridgehead atoms. The van der Waals surface area contributed by atoms with Crippen LogP contribution in [0, 0.1) is 27.7 Å². The van der Waals surface area contributed by atoms with Crippen molar-refractivity contribution in [3.8, 4) is 45.3 Å². The van der Waals surface area contributed by atoms with Crippen LogP contribution < -0.4 is 20.0 Å². The summed E-state index contributed by atoms with van der Waals surface area (Å²) in [5.74, 6) is 0.673. The van der Waals surface area contributed by atoms with Crippen molar-refractivity contribution in [3.05, 3.63) is 142 Å². The zero-order valence-corrected chi connectivity index (χ0v) is 53.0. The van der Waals surface area contributed by atoms with Crippen LogP contribution in [0.4, 0.5) is 22.7 Å². The summed E-state index contributed by atoms with van der Waals surface area (Å²) in [6.45, 7) is 35.8. The Kier molecular flexibility index (Phi) is 21.9. The van der Waals surface area contributed by atoms with Gasteiger partial charge in [0, 0.05) is 74.2 Å². The molecule has 0 radical (unpaired) electrons. The standard InChI is InChI=1S/2C32H43NO3.2CH3.Hf/c2*1-21-17-24(29(34)25(18-21)31(3,4)5)23-13-10-11-14-27(23)33(15-12-16-36-9)28-20-22(2)19-26(30(28)35)32(6,7)8;;;/h2*10-11,13-14,17-20,34-35H,12,15-16H2,1-9H3;2*1H3;/q;;;;+2/p-2. The number of anilines is 4. The van der Waals surface area contributed by atoms with Crippen molar-refractivity contribution in [1.29, 1.82) is 0 Å². The van der Waals surface area contributed by atoms with Crippen molar-refractivity contribution in [2.75, 3.05) is 50.3 Å². The number of benzene rings is 6. The number of ether oxygens (including phenoxy) is 2. The van der Waals surface area contributed by atoms with Crippen LogP contribution in [0.5, 0.6) is 23.0 Å². The second-order valence-corrected chi connectivity index (χ2v) is 27.9. The molecule has 0 spiro atoms. The third-order valence-electron chi connectivity index (χ3n) is 13.2. The number of rotatable bonds is 14. The summed E-state index contributed by atoms with van der Waals surface area (Å²) in [5, 5.41) is 50.5. The number of phenolic OH excluding ortho intramolecular Hbond substituents is 2. The molecule has 6 aromatic carbocycles. The summed E-state index contributed by atoms with van der Waals surface area (Å²) in [5.41, 5.74) is 13.2. The van der Waals surface area contributed by atoms with Crippen LogP contribution in [0.1, 0.15) is 140 Å². The fourth-order valence-electron chi connectivity index (χ4n) is 9.48. The van der Waals surface area contributed by atoms with Gasteiger partial charge in [-0.1, -0.05) is 179 Å². The molecule has 9 heteroatoms. The van der Waals surface area contributed by atoms with E-state index in [9.17, 15) is 20.4 Å². The number of hydrogen-bond acceptors (Lipinski definition) is 8. The third kappa shape index (κ3) is 16.0. The Morgan fingerprint density at radius 2 is 0.707 bits per heavy atom. The minimum absolute atomic E-state index is 0.0567. The van der Waals surface area contributed by atoms with Crippen LogP contribution in [0.3, 0.4) is 0 Å². The van der Waals surface area contributed by atoms with Crippen molar-refractivity contribution in [3.63, 3.8) is 0 Å². The van der Waals surface area contributed by atoms with Gasteiger partial charge in [-0.3, -0.25) is 0 Å². The number of methoxy groups -OCH3 is 2. The Balaban J connectivity index is 0.000000308. The number of hydrogen-bond donors (Lipinski definition) is 2. The summed E-state index contributed by atoms with van der Waals surface area (Å²) < 4.78 is 15.4. The van der Waals surface area contributed by atoms with Gasteiger partial charge in [-0.15, -0.1) is 0 Å². The molecular formula is C66H90HfN2O6. The molecule has 8 nitrogen and oxygen atoms in total. The monoisotopic (exact) mass is 1190 g/mol. The summed E-state index contributed by atoms with van der Waals surface area (Å²) >= 11 is 0.0833. The minimum atomic E-state index is -0.263. The van der Waals surface area contributed by atoms with Crippen LogP contribution in [0.2, 0.25) is 9.36 Å². The molecule has 0 heterocycles. The average molecular weight is 1190 g/mol. The number of aryl methyl sites for hydroxylation is 4. The van der Waals surface area contributed by atoms with Gasteiger partial charge < -0.3 is 39.7 Å². The maximum absolute atomic E-state index is 13.8. The van der Waals surface area contributed by atoms with E-state index in [4.69, 9.17) is 9.47 Å². The Morgan fingerprint density at radius 1 is 0.427 bits per heavy atom. The maximum atomic E-state index is 13.8. The fourth-order valence-corrected chi connectivity index (χ4v) is 9.48. The van der Waals surface area contributed by atoms with E-state index in [1.807, 2.05) is 98.8 Å². The number of aromatic hydroxyl groups is 2. The first kappa shape index (κ1) is 62.4. The van der Waals surface area contributed by atoms with Crippen LogP contribution in [0.15, 0.2) is 97.1 Å². The molecule has 0 fully saturated rings. The van der Waals surface area contributed by atoms with E-state index >= 15 is 0 Å². The molecule has 2 N–H and O–H groups in total. The molecule has 0 aliphatic rings. The van der Waals surface area contributed by atoms with Gasteiger partial charge in [0.05, 0.1) is 11.4 Å². The number of para-hydroxylation sites is 2. The molecule has 0 amide bonds. The van der Waals surface area contributed by atoms with Gasteiger partial charge in [0.25, 0.3) is 0 Å². The zero-order valence-electron chi connectivity index (χ0n) is 49.4. The molecule has 0 unspecified atom stereocenters. The van der Waals surface area contributed by atoms with Crippen LogP contribution in [0.25, 0.3) is 22.3 Å². The Labute approximate surface area is 464 Å². The first-order valence-electron chi connectivity index (χ1n) is 26.5. The van der Waals surface area contributed by atoms with Gasteiger partial charge in [-0.25, -0.2) is 0 Å². The quantitative estimate of drug-likeness (QED) is 0.0819. The molecule has 0 aromatic heterocycles. The van der Waals surface area contributed by atoms with Crippen LogP contribution >= 0.6 is 0 Å². The second-order valence-electron chi connectivity index (χ2n) is 24.3. The van der Waals surface area contributed by atoms with Gasteiger partial charge in [0.1, 0.15) is 11.5 Å². The molecule has 0 aliphatic heterocycles. The Morgan fingerprint density at radius 3 is 1.00 bits per heavy atom. The van der Waals surface area contributed by atoms with Gasteiger partial charge in [0.2, 0.25) is 0 Å². The van der Waals surface area contributed by atoms with Gasteiger partial charge in [-0.2, -0.15) is 0 Å². The van der Waals surface area contributed by atoms with Crippen LogP contribution in [-0.2, 0) is 54.0 Å². The predicted octanol–water partition coefficient (Wildman–Crippen LogP) is 16.2. The molecule has 0 aliphatic carbocycles. The third-order valence-corrected chi connectivity index (χ3v) is 13.2. The Bertz CT molecular complexity index is 2650. The topological polar surface area (TPSA) is 112 Å². The predicted molar refractivity (Wildman–Crippen MR) is 311 cm³/mol. The summed E-state index contributed by atoms with van der Waals surface area (Å²) in [6.07, 6.45) is 1.54. The van der Waals surface area contributed by atoms with E-state index in [2.05, 4.69) is 128 Å². The van der Waals surface area contributed by atoms with E-state index in [0.29, 0.717) is 37.4 Å². The number of phenols is 2. The first-order chi connectivity index (χ1) is 34.9. The molecule has 404 valence electrons. The molecule has 6 rings (SSSR count). The van der Waals surface area contributed by atoms with Crippen molar-refractivity contribution in [2.24, 2.45) is 0 Å². The van der Waals surface area contributed by atoms with E-state index in [1.54, 1.807) is 14.2 Å². The van der Waals surface area contributed by atoms with Crippen molar-refractivity contribution < 1.29 is 52.8 Å². The van der Waals surface area contributed by atoms with Gasteiger partial charge in [-0.05, 0) is 120 Å². The van der Waals surface area contributed by atoms with E-state index < -0.39 is 0 Å². The molecule has 0 saturated heterocycles. The average Bonchev–Trinajstić information content (AvgIpc) is 3.31.